The van der Waals surface area contributed by atoms with E-state index in [0.717, 1.165) is 17.7 Å². The summed E-state index contributed by atoms with van der Waals surface area (Å²) in [5.41, 5.74) is 1.46. The summed E-state index contributed by atoms with van der Waals surface area (Å²) in [5.74, 6) is 0.689. The van der Waals surface area contributed by atoms with Crippen LogP contribution in [0.2, 0.25) is 0 Å². The van der Waals surface area contributed by atoms with Gasteiger partial charge in [0.2, 0.25) is 17.6 Å². The second kappa shape index (κ2) is 8.10. The van der Waals surface area contributed by atoms with E-state index in [1.165, 1.54) is 30.0 Å². The number of fused-ring (bicyclic) bond motifs is 1. The number of aryl methyl sites for hydroxylation is 1. The van der Waals surface area contributed by atoms with Gasteiger partial charge in [-0.1, -0.05) is 17.3 Å². The summed E-state index contributed by atoms with van der Waals surface area (Å²) < 4.78 is 32.1. The van der Waals surface area contributed by atoms with E-state index in [1.807, 2.05) is 6.07 Å². The summed E-state index contributed by atoms with van der Waals surface area (Å²) in [7, 11) is 0. The van der Waals surface area contributed by atoms with Crippen molar-refractivity contribution in [3.63, 3.8) is 0 Å². The van der Waals surface area contributed by atoms with E-state index in [9.17, 15) is 13.6 Å². The molecule has 1 amide bonds. The molecule has 0 radical (unpaired) electrons. The highest BCUT2D eigenvalue weighted by Crippen LogP contribution is 2.37. The van der Waals surface area contributed by atoms with Crippen LogP contribution in [0.4, 0.5) is 8.78 Å². The summed E-state index contributed by atoms with van der Waals surface area (Å²) in [6.07, 6.45) is 1.22. The number of aromatic nitrogens is 2. The zero-order valence-electron chi connectivity index (χ0n) is 14.8. The van der Waals surface area contributed by atoms with E-state index < -0.39 is 0 Å². The van der Waals surface area contributed by atoms with Gasteiger partial charge in [0.05, 0.1) is 6.04 Å². The van der Waals surface area contributed by atoms with Gasteiger partial charge in [-0.2, -0.15) is 4.98 Å². The van der Waals surface area contributed by atoms with Gasteiger partial charge in [0.25, 0.3) is 0 Å². The van der Waals surface area contributed by atoms with Gasteiger partial charge in [0.15, 0.2) is 0 Å². The van der Waals surface area contributed by atoms with Crippen molar-refractivity contribution in [3.8, 4) is 11.4 Å². The predicted molar refractivity (Wildman–Crippen MR) is 101 cm³/mol. The van der Waals surface area contributed by atoms with Crippen LogP contribution in [-0.4, -0.2) is 21.8 Å². The molecule has 0 saturated heterocycles. The lowest BCUT2D eigenvalue weighted by atomic mass is 10.0. The molecule has 144 valence electrons. The van der Waals surface area contributed by atoms with Gasteiger partial charge >= 0.3 is 0 Å². The number of carbonyl (C=O) groups is 1. The van der Waals surface area contributed by atoms with Gasteiger partial charge in [-0.15, -0.1) is 11.8 Å². The minimum absolute atomic E-state index is 0.159. The first-order valence-corrected chi connectivity index (χ1v) is 9.88. The largest absolute Gasteiger partial charge is 0.349 e. The standard InChI is InChI=1S/C20H17F2N3O2S/c21-13-6-4-12(5-7-13)20-24-18(27-25-20)9-8-17(26)23-16-10-11-28-19-14(16)2-1-3-15(19)22/h1-7,16H,8-11H2,(H,23,26). The molecule has 1 aliphatic rings. The number of amides is 1. The molecule has 0 aliphatic carbocycles. The van der Waals surface area contributed by atoms with Crippen LogP contribution in [0.1, 0.15) is 30.3 Å². The fourth-order valence-corrected chi connectivity index (χ4v) is 4.24. The third kappa shape index (κ3) is 4.06. The van der Waals surface area contributed by atoms with Crippen LogP contribution in [0, 0.1) is 11.6 Å². The van der Waals surface area contributed by atoms with Gasteiger partial charge in [-0.05, 0) is 42.3 Å². The van der Waals surface area contributed by atoms with Crippen molar-refractivity contribution in [2.45, 2.75) is 30.2 Å². The Morgan fingerprint density at radius 3 is 2.86 bits per heavy atom. The molecular formula is C20H17F2N3O2S. The monoisotopic (exact) mass is 401 g/mol. The van der Waals surface area contributed by atoms with E-state index >= 15 is 0 Å². The fourth-order valence-electron chi connectivity index (χ4n) is 3.10. The van der Waals surface area contributed by atoms with Gasteiger partial charge in [-0.3, -0.25) is 4.79 Å². The van der Waals surface area contributed by atoms with E-state index in [-0.39, 0.29) is 36.4 Å². The Balaban J connectivity index is 1.36. The van der Waals surface area contributed by atoms with Crippen molar-refractivity contribution in [1.82, 2.24) is 15.5 Å². The molecule has 8 heteroatoms. The molecule has 1 aliphatic heterocycles. The van der Waals surface area contributed by atoms with Crippen LogP contribution >= 0.6 is 11.8 Å². The second-order valence-corrected chi connectivity index (χ2v) is 7.54. The molecule has 2 aromatic carbocycles. The van der Waals surface area contributed by atoms with E-state index in [0.29, 0.717) is 22.2 Å². The highest BCUT2D eigenvalue weighted by molar-refractivity contribution is 7.99. The van der Waals surface area contributed by atoms with Crippen molar-refractivity contribution in [1.29, 1.82) is 0 Å². The third-order valence-corrected chi connectivity index (χ3v) is 5.66. The van der Waals surface area contributed by atoms with Crippen LogP contribution in [0.5, 0.6) is 0 Å². The van der Waals surface area contributed by atoms with Crippen molar-refractivity contribution in [3.05, 3.63) is 65.6 Å². The fraction of sp³-hybridized carbons (Fsp3) is 0.250. The van der Waals surface area contributed by atoms with Gasteiger partial charge < -0.3 is 9.84 Å². The molecule has 0 spiro atoms. The summed E-state index contributed by atoms with van der Waals surface area (Å²) in [5, 5.41) is 6.83. The molecule has 0 fully saturated rings. The molecular weight excluding hydrogens is 384 g/mol. The van der Waals surface area contributed by atoms with Crippen LogP contribution in [0.3, 0.4) is 0 Å². The summed E-state index contributed by atoms with van der Waals surface area (Å²) in [6, 6.07) is 10.5. The minimum atomic E-state index is -0.341. The van der Waals surface area contributed by atoms with Crippen LogP contribution in [0.25, 0.3) is 11.4 Å². The zero-order chi connectivity index (χ0) is 19.5. The summed E-state index contributed by atoms with van der Waals surface area (Å²) in [4.78, 5) is 17.2. The predicted octanol–water partition coefficient (Wildman–Crippen LogP) is 4.30. The molecule has 5 nitrogen and oxygen atoms in total. The Kier molecular flexibility index (Phi) is 5.38. The van der Waals surface area contributed by atoms with Crippen LogP contribution in [-0.2, 0) is 11.2 Å². The van der Waals surface area contributed by atoms with E-state index in [1.54, 1.807) is 18.2 Å². The highest BCUT2D eigenvalue weighted by Gasteiger charge is 2.24. The lowest BCUT2D eigenvalue weighted by molar-refractivity contribution is -0.121. The number of nitrogens with zero attached hydrogens (tertiary/aromatic N) is 2. The number of thioether (sulfide) groups is 1. The number of hydrogen-bond donors (Lipinski definition) is 1. The summed E-state index contributed by atoms with van der Waals surface area (Å²) in [6.45, 7) is 0. The first-order valence-electron chi connectivity index (χ1n) is 8.89. The maximum Gasteiger partial charge on any atom is 0.227 e. The topological polar surface area (TPSA) is 68.0 Å². The molecule has 1 N–H and O–H groups in total. The number of hydrogen-bond acceptors (Lipinski definition) is 5. The molecule has 3 aromatic rings. The quantitative estimate of drug-likeness (QED) is 0.690. The molecule has 4 rings (SSSR count). The zero-order valence-corrected chi connectivity index (χ0v) is 15.6. The Morgan fingerprint density at radius 2 is 2.04 bits per heavy atom. The maximum atomic E-state index is 13.9. The lowest BCUT2D eigenvalue weighted by Crippen LogP contribution is -2.31. The first-order chi connectivity index (χ1) is 13.6. The number of rotatable bonds is 5. The molecule has 0 saturated carbocycles. The van der Waals surface area contributed by atoms with Gasteiger partial charge in [0, 0.05) is 29.1 Å². The molecule has 1 unspecified atom stereocenters. The van der Waals surface area contributed by atoms with Crippen molar-refractivity contribution < 1.29 is 18.1 Å². The number of benzene rings is 2. The lowest BCUT2D eigenvalue weighted by Gasteiger charge is -2.26. The molecule has 1 aromatic heterocycles. The minimum Gasteiger partial charge on any atom is -0.349 e. The smallest absolute Gasteiger partial charge is 0.227 e. The second-order valence-electron chi connectivity index (χ2n) is 6.43. The average molecular weight is 401 g/mol. The van der Waals surface area contributed by atoms with Gasteiger partial charge in [0.1, 0.15) is 11.6 Å². The average Bonchev–Trinajstić information content (AvgIpc) is 3.17. The van der Waals surface area contributed by atoms with Gasteiger partial charge in [-0.25, -0.2) is 8.78 Å². The number of halogens is 2. The Bertz CT molecular complexity index is 991. The molecule has 28 heavy (non-hydrogen) atoms. The van der Waals surface area contributed by atoms with Crippen LogP contribution in [0.15, 0.2) is 51.9 Å². The number of nitrogens with one attached hydrogen (secondary N) is 1. The molecule has 1 atom stereocenters. The molecule has 2 heterocycles. The van der Waals surface area contributed by atoms with Crippen molar-refractivity contribution in [2.24, 2.45) is 0 Å². The van der Waals surface area contributed by atoms with E-state index in [2.05, 4.69) is 15.5 Å². The third-order valence-electron chi connectivity index (χ3n) is 4.50. The van der Waals surface area contributed by atoms with E-state index in [4.69, 9.17) is 4.52 Å². The van der Waals surface area contributed by atoms with Crippen LogP contribution < -0.4 is 5.32 Å². The Morgan fingerprint density at radius 1 is 1.21 bits per heavy atom. The maximum absolute atomic E-state index is 13.9. The Hall–Kier alpha value is -2.74. The summed E-state index contributed by atoms with van der Waals surface area (Å²) >= 11 is 1.47. The highest BCUT2D eigenvalue weighted by atomic mass is 32.2. The molecule has 0 bridgehead atoms. The van der Waals surface area contributed by atoms with Crippen molar-refractivity contribution in [2.75, 3.05) is 5.75 Å². The number of carbonyl (C=O) groups excluding carboxylic acids is 1. The van der Waals surface area contributed by atoms with Crippen molar-refractivity contribution >= 4 is 17.7 Å². The first kappa shape index (κ1) is 18.6. The Labute approximate surface area is 164 Å². The normalized spacial score (nSPS) is 15.9. The SMILES string of the molecule is O=C(CCc1nc(-c2ccc(F)cc2)no1)NC1CCSc2c(F)cccc21.